The number of aliphatic hydroxyl groups excluding tert-OH is 2. The van der Waals surface area contributed by atoms with Crippen LogP contribution in [0.3, 0.4) is 0 Å². The second-order valence-corrected chi connectivity index (χ2v) is 6.74. The SMILES string of the molecule is C=C1C(=O)OC2/C=C(\C)CCC=C(C)CC(OC(=O)/C(=C/CO)CO)[C@@H]12. The van der Waals surface area contributed by atoms with E-state index in [4.69, 9.17) is 14.6 Å². The third kappa shape index (κ3) is 4.71. The Balaban J connectivity index is 2.36. The van der Waals surface area contributed by atoms with Crippen LogP contribution in [0.4, 0.5) is 0 Å². The van der Waals surface area contributed by atoms with Gasteiger partial charge in [-0.3, -0.25) is 0 Å². The highest BCUT2D eigenvalue weighted by atomic mass is 16.6. The molecule has 2 N–H and O–H groups in total. The van der Waals surface area contributed by atoms with Crippen LogP contribution in [0.1, 0.15) is 33.1 Å². The van der Waals surface area contributed by atoms with E-state index in [1.807, 2.05) is 19.9 Å². The second kappa shape index (κ2) is 8.96. The number of aliphatic hydroxyl groups is 2. The van der Waals surface area contributed by atoms with E-state index in [1.165, 1.54) is 6.08 Å². The lowest BCUT2D eigenvalue weighted by Crippen LogP contribution is -2.34. The van der Waals surface area contributed by atoms with Gasteiger partial charge in [0.15, 0.2) is 0 Å². The van der Waals surface area contributed by atoms with Crippen LogP contribution in [-0.4, -0.2) is 47.6 Å². The number of hydrogen-bond acceptors (Lipinski definition) is 6. The van der Waals surface area contributed by atoms with E-state index in [1.54, 1.807) is 0 Å². The van der Waals surface area contributed by atoms with Crippen LogP contribution in [0, 0.1) is 5.92 Å². The van der Waals surface area contributed by atoms with E-state index >= 15 is 0 Å². The quantitative estimate of drug-likeness (QED) is 0.451. The zero-order valence-electron chi connectivity index (χ0n) is 15.2. The zero-order valence-corrected chi connectivity index (χ0v) is 15.2. The van der Waals surface area contributed by atoms with Gasteiger partial charge in [-0.05, 0) is 38.8 Å². The van der Waals surface area contributed by atoms with Crippen LogP contribution in [0.5, 0.6) is 0 Å². The molecule has 1 aliphatic carbocycles. The van der Waals surface area contributed by atoms with Crippen molar-refractivity contribution in [3.63, 3.8) is 0 Å². The Morgan fingerprint density at radius 3 is 2.77 bits per heavy atom. The summed E-state index contributed by atoms with van der Waals surface area (Å²) in [5.74, 6) is -1.70. The van der Waals surface area contributed by atoms with Gasteiger partial charge in [-0.15, -0.1) is 0 Å². The molecule has 0 aromatic carbocycles. The van der Waals surface area contributed by atoms with Gasteiger partial charge in [0.1, 0.15) is 12.2 Å². The van der Waals surface area contributed by atoms with E-state index < -0.39 is 36.7 Å². The fourth-order valence-corrected chi connectivity index (χ4v) is 3.27. The van der Waals surface area contributed by atoms with Crippen molar-refractivity contribution < 1.29 is 29.3 Å². The number of allylic oxidation sites excluding steroid dienone is 2. The number of ether oxygens (including phenoxy) is 2. The van der Waals surface area contributed by atoms with E-state index in [2.05, 4.69) is 12.7 Å². The first-order chi connectivity index (χ1) is 12.4. The van der Waals surface area contributed by atoms with Crippen molar-refractivity contribution in [2.75, 3.05) is 13.2 Å². The van der Waals surface area contributed by atoms with Crippen molar-refractivity contribution in [1.82, 2.24) is 0 Å². The summed E-state index contributed by atoms with van der Waals surface area (Å²) in [6, 6.07) is 0. The number of carbonyl (C=O) groups excluding carboxylic acids is 2. The van der Waals surface area contributed by atoms with Crippen LogP contribution in [0.15, 0.2) is 47.1 Å². The van der Waals surface area contributed by atoms with Crippen LogP contribution in [0.25, 0.3) is 0 Å². The van der Waals surface area contributed by atoms with Crippen molar-refractivity contribution in [2.45, 2.75) is 45.3 Å². The lowest BCUT2D eigenvalue weighted by Gasteiger charge is -2.27. The van der Waals surface area contributed by atoms with Gasteiger partial charge in [-0.1, -0.05) is 23.8 Å². The molecule has 142 valence electrons. The van der Waals surface area contributed by atoms with Crippen LogP contribution >= 0.6 is 0 Å². The summed E-state index contributed by atoms with van der Waals surface area (Å²) in [4.78, 5) is 24.4. The molecule has 1 fully saturated rings. The fraction of sp³-hybridized carbons (Fsp3) is 0.500. The van der Waals surface area contributed by atoms with Gasteiger partial charge in [0.2, 0.25) is 0 Å². The Hall–Kier alpha value is -2.18. The maximum absolute atomic E-state index is 12.4. The minimum absolute atomic E-state index is 0.0228. The molecule has 2 unspecified atom stereocenters. The van der Waals surface area contributed by atoms with E-state index in [0.717, 1.165) is 24.0 Å². The molecule has 2 rings (SSSR count). The molecule has 6 heteroatoms. The summed E-state index contributed by atoms with van der Waals surface area (Å²) in [5, 5.41) is 18.3. The zero-order chi connectivity index (χ0) is 19.3. The number of fused-ring (bicyclic) bond motifs is 1. The van der Waals surface area contributed by atoms with Crippen molar-refractivity contribution in [2.24, 2.45) is 5.92 Å². The third-order valence-electron chi connectivity index (χ3n) is 4.69. The number of esters is 2. The minimum atomic E-state index is -0.719. The van der Waals surface area contributed by atoms with Gasteiger partial charge in [0.25, 0.3) is 0 Å². The number of carbonyl (C=O) groups is 2. The fourth-order valence-electron chi connectivity index (χ4n) is 3.27. The number of hydrogen-bond donors (Lipinski definition) is 2. The molecule has 0 aromatic heterocycles. The van der Waals surface area contributed by atoms with Crippen molar-refractivity contribution in [3.05, 3.63) is 47.1 Å². The van der Waals surface area contributed by atoms with Crippen LogP contribution in [-0.2, 0) is 19.1 Å². The molecular weight excluding hydrogens is 336 g/mol. The Morgan fingerprint density at radius 1 is 1.38 bits per heavy atom. The monoisotopic (exact) mass is 362 g/mol. The van der Waals surface area contributed by atoms with Crippen molar-refractivity contribution in [1.29, 1.82) is 0 Å². The summed E-state index contributed by atoms with van der Waals surface area (Å²) >= 11 is 0. The normalized spacial score (nSPS) is 29.2. The van der Waals surface area contributed by atoms with Crippen molar-refractivity contribution >= 4 is 11.9 Å². The highest BCUT2D eigenvalue weighted by molar-refractivity contribution is 5.92. The average molecular weight is 362 g/mol. The second-order valence-electron chi connectivity index (χ2n) is 6.74. The van der Waals surface area contributed by atoms with Gasteiger partial charge >= 0.3 is 11.9 Å². The molecule has 0 radical (unpaired) electrons. The lowest BCUT2D eigenvalue weighted by molar-refractivity contribution is -0.147. The molecule has 0 saturated carbocycles. The van der Waals surface area contributed by atoms with E-state index in [9.17, 15) is 14.7 Å². The summed E-state index contributed by atoms with van der Waals surface area (Å²) in [5.41, 5.74) is 2.39. The van der Waals surface area contributed by atoms with Gasteiger partial charge < -0.3 is 19.7 Å². The average Bonchev–Trinajstić information content (AvgIpc) is 2.85. The molecule has 1 saturated heterocycles. The van der Waals surface area contributed by atoms with E-state index in [-0.39, 0.29) is 17.8 Å². The highest BCUT2D eigenvalue weighted by Crippen LogP contribution is 2.36. The molecular formula is C20H26O6. The minimum Gasteiger partial charge on any atom is -0.458 e. The Morgan fingerprint density at radius 2 is 2.12 bits per heavy atom. The van der Waals surface area contributed by atoms with Gasteiger partial charge in [-0.2, -0.15) is 0 Å². The summed E-state index contributed by atoms with van der Waals surface area (Å²) < 4.78 is 11.1. The molecule has 26 heavy (non-hydrogen) atoms. The predicted molar refractivity (Wildman–Crippen MR) is 96.0 cm³/mol. The first kappa shape index (κ1) is 20.1. The highest BCUT2D eigenvalue weighted by Gasteiger charge is 2.44. The maximum Gasteiger partial charge on any atom is 0.336 e. The Bertz CT molecular complexity index is 670. The summed E-state index contributed by atoms with van der Waals surface area (Å²) in [6.45, 7) is 6.85. The lowest BCUT2D eigenvalue weighted by atomic mass is 9.85. The molecule has 0 amide bonds. The number of rotatable bonds is 4. The predicted octanol–water partition coefficient (Wildman–Crippen LogP) is 1.98. The van der Waals surface area contributed by atoms with Crippen LogP contribution < -0.4 is 0 Å². The molecule has 3 atom stereocenters. The summed E-state index contributed by atoms with van der Waals surface area (Å²) in [6.07, 6.45) is 6.17. The Kier molecular flexibility index (Phi) is 6.94. The van der Waals surface area contributed by atoms with E-state index in [0.29, 0.717) is 6.42 Å². The molecule has 6 nitrogen and oxygen atoms in total. The Labute approximate surface area is 153 Å². The van der Waals surface area contributed by atoms with Gasteiger partial charge in [0, 0.05) is 12.0 Å². The maximum atomic E-state index is 12.4. The molecule has 0 aromatic rings. The molecule has 2 aliphatic rings. The molecule has 1 heterocycles. The van der Waals surface area contributed by atoms with Gasteiger partial charge in [0.05, 0.1) is 24.7 Å². The van der Waals surface area contributed by atoms with Crippen molar-refractivity contribution in [3.8, 4) is 0 Å². The molecule has 1 aliphatic heterocycles. The summed E-state index contributed by atoms with van der Waals surface area (Å²) in [7, 11) is 0. The standard InChI is InChI=1S/C20H26O6/c1-12-5-4-6-13(2)10-17(26-20(24)15(11-22)7-8-21)18-14(3)19(23)25-16(18)9-12/h6-7,9,16-18,21-22H,3-5,8,10-11H2,1-2H3/b12-9+,13-6?,15-7+/t16?,17?,18-/m0/s1. The first-order valence-electron chi connectivity index (χ1n) is 8.71. The molecule has 0 spiro atoms. The largest absolute Gasteiger partial charge is 0.458 e. The topological polar surface area (TPSA) is 93.1 Å². The smallest absolute Gasteiger partial charge is 0.336 e. The van der Waals surface area contributed by atoms with Gasteiger partial charge in [-0.25, -0.2) is 9.59 Å². The third-order valence-corrected chi connectivity index (χ3v) is 4.69. The first-order valence-corrected chi connectivity index (χ1v) is 8.71. The van der Waals surface area contributed by atoms with Crippen LogP contribution in [0.2, 0.25) is 0 Å². The molecule has 0 bridgehead atoms.